The summed E-state index contributed by atoms with van der Waals surface area (Å²) in [6, 6.07) is 0.326. The third-order valence-electron chi connectivity index (χ3n) is 4.86. The molecule has 3 N–H and O–H groups in total. The molecule has 0 aliphatic heterocycles. The van der Waals surface area contributed by atoms with Gasteiger partial charge in [-0.1, -0.05) is 32.1 Å². The fraction of sp³-hybridized carbons (Fsp3) is 0.933. The van der Waals surface area contributed by atoms with Crippen LogP contribution in [0.5, 0.6) is 0 Å². The molecular weight excluding hydrogens is 224 g/mol. The quantitative estimate of drug-likeness (QED) is 0.808. The van der Waals surface area contributed by atoms with E-state index in [4.69, 9.17) is 5.73 Å². The van der Waals surface area contributed by atoms with Crippen molar-refractivity contribution in [2.24, 2.45) is 11.7 Å². The van der Waals surface area contributed by atoms with Crippen LogP contribution in [0.15, 0.2) is 0 Å². The molecule has 0 bridgehead atoms. The third kappa shape index (κ3) is 3.71. The standard InChI is InChI=1S/C15H28N2O/c1-12(13-7-3-4-8-13)17-14(18)11-15(16)9-5-2-6-10-15/h12-13H,2-11,16H2,1H3,(H,17,18)/t12-/m1/s1. The molecule has 104 valence electrons. The predicted molar refractivity (Wildman–Crippen MR) is 74.2 cm³/mol. The molecule has 2 rings (SSSR count). The Balaban J connectivity index is 1.76. The highest BCUT2D eigenvalue weighted by atomic mass is 16.1. The van der Waals surface area contributed by atoms with Crippen LogP contribution in [0.4, 0.5) is 0 Å². The lowest BCUT2D eigenvalue weighted by Gasteiger charge is -2.33. The first-order chi connectivity index (χ1) is 8.59. The van der Waals surface area contributed by atoms with Crippen LogP contribution < -0.4 is 11.1 Å². The maximum Gasteiger partial charge on any atom is 0.222 e. The smallest absolute Gasteiger partial charge is 0.222 e. The van der Waals surface area contributed by atoms with E-state index in [0.717, 1.165) is 12.8 Å². The molecule has 1 amide bonds. The maximum atomic E-state index is 12.1. The van der Waals surface area contributed by atoms with Crippen molar-refractivity contribution >= 4 is 5.91 Å². The minimum Gasteiger partial charge on any atom is -0.353 e. The lowest BCUT2D eigenvalue weighted by Crippen LogP contribution is -2.48. The number of hydrogen-bond acceptors (Lipinski definition) is 2. The van der Waals surface area contributed by atoms with E-state index in [-0.39, 0.29) is 11.4 Å². The molecule has 0 unspecified atom stereocenters. The lowest BCUT2D eigenvalue weighted by atomic mass is 9.80. The zero-order chi connectivity index (χ0) is 13.0. The molecule has 18 heavy (non-hydrogen) atoms. The van der Waals surface area contributed by atoms with Crippen LogP contribution in [-0.2, 0) is 4.79 Å². The first kappa shape index (κ1) is 13.9. The number of rotatable bonds is 4. The van der Waals surface area contributed by atoms with Crippen molar-refractivity contribution in [3.05, 3.63) is 0 Å². The van der Waals surface area contributed by atoms with Crippen molar-refractivity contribution in [3.8, 4) is 0 Å². The summed E-state index contributed by atoms with van der Waals surface area (Å²) >= 11 is 0. The van der Waals surface area contributed by atoms with Crippen LogP contribution in [0.1, 0.15) is 71.1 Å². The molecule has 0 heterocycles. The molecule has 2 saturated carbocycles. The van der Waals surface area contributed by atoms with Crippen molar-refractivity contribution < 1.29 is 4.79 Å². The summed E-state index contributed by atoms with van der Waals surface area (Å²) in [6.07, 6.45) is 11.4. The molecular formula is C15H28N2O. The second kappa shape index (κ2) is 6.05. The average Bonchev–Trinajstić information content (AvgIpc) is 2.82. The molecule has 2 aliphatic rings. The Hall–Kier alpha value is -0.570. The van der Waals surface area contributed by atoms with Gasteiger partial charge in [0.25, 0.3) is 0 Å². The van der Waals surface area contributed by atoms with Crippen LogP contribution in [0, 0.1) is 5.92 Å². The second-order valence-electron chi connectivity index (χ2n) is 6.50. The lowest BCUT2D eigenvalue weighted by molar-refractivity contribution is -0.123. The number of nitrogens with two attached hydrogens (primary N) is 1. The van der Waals surface area contributed by atoms with Crippen molar-refractivity contribution in [2.75, 3.05) is 0 Å². The molecule has 2 aliphatic carbocycles. The Morgan fingerprint density at radius 3 is 2.44 bits per heavy atom. The van der Waals surface area contributed by atoms with Crippen LogP contribution in [-0.4, -0.2) is 17.5 Å². The Morgan fingerprint density at radius 2 is 1.83 bits per heavy atom. The highest BCUT2D eigenvalue weighted by Gasteiger charge is 2.31. The molecule has 0 spiro atoms. The van der Waals surface area contributed by atoms with E-state index in [9.17, 15) is 4.79 Å². The molecule has 1 atom stereocenters. The summed E-state index contributed by atoms with van der Waals surface area (Å²) in [5, 5.41) is 3.18. The summed E-state index contributed by atoms with van der Waals surface area (Å²) in [6.45, 7) is 2.15. The van der Waals surface area contributed by atoms with Gasteiger partial charge in [-0.2, -0.15) is 0 Å². The van der Waals surface area contributed by atoms with Gasteiger partial charge in [0, 0.05) is 18.0 Å². The summed E-state index contributed by atoms with van der Waals surface area (Å²) < 4.78 is 0. The van der Waals surface area contributed by atoms with Crippen molar-refractivity contribution in [1.82, 2.24) is 5.32 Å². The first-order valence-electron chi connectivity index (χ1n) is 7.67. The van der Waals surface area contributed by atoms with E-state index in [1.165, 1.54) is 44.9 Å². The molecule has 0 saturated heterocycles. The van der Waals surface area contributed by atoms with E-state index in [1.807, 2.05) is 0 Å². The van der Waals surface area contributed by atoms with E-state index >= 15 is 0 Å². The Morgan fingerprint density at radius 1 is 1.22 bits per heavy atom. The van der Waals surface area contributed by atoms with Gasteiger partial charge in [-0.25, -0.2) is 0 Å². The largest absolute Gasteiger partial charge is 0.353 e. The Bertz CT molecular complexity index is 278. The average molecular weight is 252 g/mol. The molecule has 0 radical (unpaired) electrons. The van der Waals surface area contributed by atoms with Crippen molar-refractivity contribution in [1.29, 1.82) is 0 Å². The van der Waals surface area contributed by atoms with Gasteiger partial charge in [0.2, 0.25) is 5.91 Å². The number of carbonyl (C=O) groups excluding carboxylic acids is 1. The maximum absolute atomic E-state index is 12.1. The highest BCUT2D eigenvalue weighted by Crippen LogP contribution is 2.30. The molecule has 3 nitrogen and oxygen atoms in total. The minimum atomic E-state index is -0.224. The van der Waals surface area contributed by atoms with E-state index in [2.05, 4.69) is 12.2 Å². The minimum absolute atomic E-state index is 0.166. The molecule has 0 aromatic rings. The fourth-order valence-electron chi connectivity index (χ4n) is 3.63. The normalized spacial score (nSPS) is 25.9. The van der Waals surface area contributed by atoms with Gasteiger partial charge in [-0.15, -0.1) is 0 Å². The van der Waals surface area contributed by atoms with Crippen molar-refractivity contribution in [2.45, 2.75) is 82.7 Å². The number of amides is 1. The number of hydrogen-bond donors (Lipinski definition) is 2. The van der Waals surface area contributed by atoms with Crippen LogP contribution in [0.2, 0.25) is 0 Å². The van der Waals surface area contributed by atoms with Crippen molar-refractivity contribution in [3.63, 3.8) is 0 Å². The molecule has 3 heteroatoms. The van der Waals surface area contributed by atoms with Crippen LogP contribution in [0.25, 0.3) is 0 Å². The number of carbonyl (C=O) groups is 1. The highest BCUT2D eigenvalue weighted by molar-refractivity contribution is 5.77. The summed E-state index contributed by atoms with van der Waals surface area (Å²) in [5.74, 6) is 0.854. The monoisotopic (exact) mass is 252 g/mol. The zero-order valence-corrected chi connectivity index (χ0v) is 11.7. The van der Waals surface area contributed by atoms with Gasteiger partial charge in [0.05, 0.1) is 0 Å². The van der Waals surface area contributed by atoms with E-state index < -0.39 is 0 Å². The summed E-state index contributed by atoms with van der Waals surface area (Å²) in [7, 11) is 0. The van der Waals surface area contributed by atoms with Gasteiger partial charge < -0.3 is 11.1 Å². The summed E-state index contributed by atoms with van der Waals surface area (Å²) in [4.78, 5) is 12.1. The topological polar surface area (TPSA) is 55.1 Å². The molecule has 0 aromatic heterocycles. The van der Waals surface area contributed by atoms with Gasteiger partial charge in [-0.3, -0.25) is 4.79 Å². The number of nitrogens with one attached hydrogen (secondary N) is 1. The van der Waals surface area contributed by atoms with Crippen LogP contribution in [0.3, 0.4) is 0 Å². The fourth-order valence-corrected chi connectivity index (χ4v) is 3.63. The molecule has 0 aromatic carbocycles. The van der Waals surface area contributed by atoms with Gasteiger partial charge in [0.1, 0.15) is 0 Å². The third-order valence-corrected chi connectivity index (χ3v) is 4.86. The SMILES string of the molecule is C[C@@H](NC(=O)CC1(N)CCCCC1)C1CCCC1. The Labute approximate surface area is 111 Å². The Kier molecular flexibility index (Phi) is 4.66. The molecule has 2 fully saturated rings. The summed E-state index contributed by atoms with van der Waals surface area (Å²) in [5.41, 5.74) is 6.10. The van der Waals surface area contributed by atoms with Crippen LogP contribution >= 0.6 is 0 Å². The zero-order valence-electron chi connectivity index (χ0n) is 11.7. The first-order valence-corrected chi connectivity index (χ1v) is 7.67. The van der Waals surface area contributed by atoms with E-state index in [0.29, 0.717) is 18.4 Å². The second-order valence-corrected chi connectivity index (χ2v) is 6.50. The van der Waals surface area contributed by atoms with Gasteiger partial charge in [0.15, 0.2) is 0 Å². The van der Waals surface area contributed by atoms with Gasteiger partial charge in [-0.05, 0) is 38.5 Å². The van der Waals surface area contributed by atoms with E-state index in [1.54, 1.807) is 0 Å². The van der Waals surface area contributed by atoms with Gasteiger partial charge >= 0.3 is 0 Å². The predicted octanol–water partition coefficient (Wildman–Crippen LogP) is 2.73.